The maximum atomic E-state index is 12.4. The Morgan fingerprint density at radius 3 is 2.85 bits per heavy atom. The van der Waals surface area contributed by atoms with Gasteiger partial charge in [0.2, 0.25) is 0 Å². The number of hydrogen-bond acceptors (Lipinski definition) is 4. The highest BCUT2D eigenvalue weighted by atomic mass is 16.5. The van der Waals surface area contributed by atoms with Gasteiger partial charge in [-0.2, -0.15) is 0 Å². The van der Waals surface area contributed by atoms with E-state index in [9.17, 15) is 4.79 Å². The molecule has 1 atom stereocenters. The summed E-state index contributed by atoms with van der Waals surface area (Å²) >= 11 is 0. The first-order chi connectivity index (χ1) is 13.3. The fourth-order valence-corrected chi connectivity index (χ4v) is 3.65. The smallest absolute Gasteiger partial charge is 0.317 e. The summed E-state index contributed by atoms with van der Waals surface area (Å²) in [5.41, 5.74) is 1.33. The molecule has 27 heavy (non-hydrogen) atoms. The Hall–Kier alpha value is -1.63. The van der Waals surface area contributed by atoms with Crippen LogP contribution >= 0.6 is 0 Å². The SMILES string of the molecule is O=C(NCCCOCC1CCCO1)N1CCCN(Cc2ccccc2)CC1. The molecule has 2 amide bonds. The molecule has 0 radical (unpaired) electrons. The zero-order chi connectivity index (χ0) is 18.7. The van der Waals surface area contributed by atoms with Crippen LogP contribution < -0.4 is 5.32 Å². The lowest BCUT2D eigenvalue weighted by Crippen LogP contribution is -2.42. The largest absolute Gasteiger partial charge is 0.379 e. The molecule has 1 aromatic rings. The van der Waals surface area contributed by atoms with Crippen LogP contribution in [-0.2, 0) is 16.0 Å². The van der Waals surface area contributed by atoms with E-state index >= 15 is 0 Å². The standard InChI is InChI=1S/C21H33N3O3/c25-21(22-10-5-15-26-18-20-9-4-16-27-20)24-12-6-11-23(13-14-24)17-19-7-2-1-3-8-19/h1-3,7-8,20H,4-6,9-18H2,(H,22,25). The van der Waals surface area contributed by atoms with Crippen molar-refractivity contribution < 1.29 is 14.3 Å². The maximum absolute atomic E-state index is 12.4. The van der Waals surface area contributed by atoms with Crippen molar-refractivity contribution >= 4 is 6.03 Å². The van der Waals surface area contributed by atoms with Gasteiger partial charge in [-0.15, -0.1) is 0 Å². The van der Waals surface area contributed by atoms with Crippen LogP contribution in [0.4, 0.5) is 4.79 Å². The molecule has 3 rings (SSSR count). The lowest BCUT2D eigenvalue weighted by Gasteiger charge is -2.22. The predicted molar refractivity (Wildman–Crippen MR) is 106 cm³/mol. The lowest BCUT2D eigenvalue weighted by molar-refractivity contribution is 0.0167. The number of urea groups is 1. The molecule has 2 saturated heterocycles. The first-order valence-electron chi connectivity index (χ1n) is 10.3. The zero-order valence-electron chi connectivity index (χ0n) is 16.3. The average Bonchev–Trinajstić information content (AvgIpc) is 3.10. The molecule has 1 unspecified atom stereocenters. The van der Waals surface area contributed by atoms with E-state index < -0.39 is 0 Å². The van der Waals surface area contributed by atoms with Gasteiger partial charge in [0.15, 0.2) is 0 Å². The molecule has 0 aliphatic carbocycles. The van der Waals surface area contributed by atoms with Gasteiger partial charge >= 0.3 is 6.03 Å². The quantitative estimate of drug-likeness (QED) is 0.710. The van der Waals surface area contributed by atoms with E-state index in [2.05, 4.69) is 34.5 Å². The molecule has 1 aromatic carbocycles. The van der Waals surface area contributed by atoms with Crippen molar-refractivity contribution in [1.82, 2.24) is 15.1 Å². The second kappa shape index (κ2) is 11.3. The summed E-state index contributed by atoms with van der Waals surface area (Å²) in [5.74, 6) is 0. The van der Waals surface area contributed by atoms with E-state index in [0.717, 1.165) is 65.0 Å². The zero-order valence-corrected chi connectivity index (χ0v) is 16.3. The molecular weight excluding hydrogens is 342 g/mol. The number of carbonyl (C=O) groups excluding carboxylic acids is 1. The van der Waals surface area contributed by atoms with Crippen LogP contribution in [0.5, 0.6) is 0 Å². The van der Waals surface area contributed by atoms with Gasteiger partial charge in [-0.05, 0) is 31.2 Å². The third-order valence-corrected chi connectivity index (χ3v) is 5.19. The number of amides is 2. The molecular formula is C21H33N3O3. The number of hydrogen-bond donors (Lipinski definition) is 1. The van der Waals surface area contributed by atoms with Gasteiger partial charge in [0.05, 0.1) is 12.7 Å². The van der Waals surface area contributed by atoms with Crippen molar-refractivity contribution in [3.63, 3.8) is 0 Å². The van der Waals surface area contributed by atoms with Gasteiger partial charge in [-0.1, -0.05) is 30.3 Å². The van der Waals surface area contributed by atoms with Crippen LogP contribution in [0.1, 0.15) is 31.2 Å². The molecule has 1 N–H and O–H groups in total. The van der Waals surface area contributed by atoms with E-state index in [0.29, 0.717) is 19.8 Å². The van der Waals surface area contributed by atoms with E-state index in [-0.39, 0.29) is 12.1 Å². The summed E-state index contributed by atoms with van der Waals surface area (Å²) in [6.45, 7) is 7.40. The van der Waals surface area contributed by atoms with Crippen LogP contribution in [0.25, 0.3) is 0 Å². The number of rotatable bonds is 8. The maximum Gasteiger partial charge on any atom is 0.317 e. The molecule has 2 heterocycles. The molecule has 6 nitrogen and oxygen atoms in total. The Bertz CT molecular complexity index is 549. The second-order valence-electron chi connectivity index (χ2n) is 7.40. The van der Waals surface area contributed by atoms with Crippen molar-refractivity contribution in [2.45, 2.75) is 38.3 Å². The summed E-state index contributed by atoms with van der Waals surface area (Å²) in [5, 5.41) is 3.03. The van der Waals surface area contributed by atoms with Crippen LogP contribution in [0, 0.1) is 0 Å². The summed E-state index contributed by atoms with van der Waals surface area (Å²) in [7, 11) is 0. The fraction of sp³-hybridized carbons (Fsp3) is 0.667. The lowest BCUT2D eigenvalue weighted by atomic mass is 10.2. The summed E-state index contributed by atoms with van der Waals surface area (Å²) in [6.07, 6.45) is 4.38. The molecule has 150 valence electrons. The van der Waals surface area contributed by atoms with Gasteiger partial charge in [0.1, 0.15) is 0 Å². The third kappa shape index (κ3) is 7.13. The summed E-state index contributed by atoms with van der Waals surface area (Å²) in [4.78, 5) is 16.8. The Morgan fingerprint density at radius 2 is 2.04 bits per heavy atom. The molecule has 0 saturated carbocycles. The molecule has 2 aliphatic rings. The number of ether oxygens (including phenoxy) is 2. The first kappa shape index (κ1) is 20.1. The van der Waals surface area contributed by atoms with E-state index in [4.69, 9.17) is 9.47 Å². The van der Waals surface area contributed by atoms with E-state index in [1.807, 2.05) is 11.0 Å². The van der Waals surface area contributed by atoms with E-state index in [1.54, 1.807) is 0 Å². The molecule has 2 aliphatic heterocycles. The van der Waals surface area contributed by atoms with Crippen LogP contribution in [-0.4, -0.2) is 74.5 Å². The second-order valence-corrected chi connectivity index (χ2v) is 7.40. The Labute approximate surface area is 162 Å². The topological polar surface area (TPSA) is 54.0 Å². The highest BCUT2D eigenvalue weighted by Gasteiger charge is 2.19. The van der Waals surface area contributed by atoms with Gasteiger partial charge in [0.25, 0.3) is 0 Å². The minimum absolute atomic E-state index is 0.0516. The number of carbonyl (C=O) groups is 1. The highest BCUT2D eigenvalue weighted by molar-refractivity contribution is 5.74. The van der Waals surface area contributed by atoms with Crippen molar-refractivity contribution in [1.29, 1.82) is 0 Å². The van der Waals surface area contributed by atoms with Crippen LogP contribution in [0.3, 0.4) is 0 Å². The van der Waals surface area contributed by atoms with E-state index in [1.165, 1.54) is 5.56 Å². The molecule has 2 fully saturated rings. The minimum atomic E-state index is 0.0516. The van der Waals surface area contributed by atoms with Gasteiger partial charge in [0, 0.05) is 52.5 Å². The average molecular weight is 376 g/mol. The summed E-state index contributed by atoms with van der Waals surface area (Å²) in [6, 6.07) is 10.6. The van der Waals surface area contributed by atoms with Crippen LogP contribution in [0.2, 0.25) is 0 Å². The number of nitrogens with one attached hydrogen (secondary N) is 1. The number of nitrogens with zero attached hydrogens (tertiary/aromatic N) is 2. The molecule has 0 spiro atoms. The first-order valence-corrected chi connectivity index (χ1v) is 10.3. The monoisotopic (exact) mass is 375 g/mol. The van der Waals surface area contributed by atoms with Gasteiger partial charge in [-0.3, -0.25) is 4.90 Å². The summed E-state index contributed by atoms with van der Waals surface area (Å²) < 4.78 is 11.2. The Kier molecular flexibility index (Phi) is 8.39. The Balaban J connectivity index is 1.27. The van der Waals surface area contributed by atoms with Gasteiger partial charge in [-0.25, -0.2) is 4.79 Å². The molecule has 0 aromatic heterocycles. The van der Waals surface area contributed by atoms with Crippen molar-refractivity contribution in [3.8, 4) is 0 Å². The molecule has 0 bridgehead atoms. The van der Waals surface area contributed by atoms with Crippen LogP contribution in [0.15, 0.2) is 30.3 Å². The normalized spacial score (nSPS) is 21.2. The van der Waals surface area contributed by atoms with Crippen molar-refractivity contribution in [2.24, 2.45) is 0 Å². The van der Waals surface area contributed by atoms with Gasteiger partial charge < -0.3 is 19.7 Å². The Morgan fingerprint density at radius 1 is 1.15 bits per heavy atom. The number of benzene rings is 1. The highest BCUT2D eigenvalue weighted by Crippen LogP contribution is 2.12. The van der Waals surface area contributed by atoms with Crippen molar-refractivity contribution in [3.05, 3.63) is 35.9 Å². The van der Waals surface area contributed by atoms with Crippen molar-refractivity contribution in [2.75, 3.05) is 52.5 Å². The third-order valence-electron chi connectivity index (χ3n) is 5.19. The fourth-order valence-electron chi connectivity index (χ4n) is 3.65. The minimum Gasteiger partial charge on any atom is -0.379 e. The molecule has 6 heteroatoms. The predicted octanol–water partition coefficient (Wildman–Crippen LogP) is 2.49.